The number of nitrogens with one attached hydrogen (secondary N) is 1. The minimum absolute atomic E-state index is 0.000208. The molecule has 1 atom stereocenters. The second-order valence-electron chi connectivity index (χ2n) is 7.67. The Kier molecular flexibility index (Phi) is 5.69. The van der Waals surface area contributed by atoms with Crippen molar-refractivity contribution in [2.75, 3.05) is 19.6 Å². The fourth-order valence-corrected chi connectivity index (χ4v) is 4.97. The number of carbonyl (C=O) groups is 2. The minimum atomic E-state index is -0.433. The predicted octanol–water partition coefficient (Wildman–Crippen LogP) is 3.15. The smallest absolute Gasteiger partial charge is 0.251 e. The van der Waals surface area contributed by atoms with E-state index in [1.165, 1.54) is 25.9 Å². The lowest BCUT2D eigenvalue weighted by Gasteiger charge is -2.26. The van der Waals surface area contributed by atoms with E-state index in [-0.39, 0.29) is 11.9 Å². The van der Waals surface area contributed by atoms with Gasteiger partial charge in [0.05, 0.1) is 0 Å². The molecule has 28 heavy (non-hydrogen) atoms. The molecule has 2 aromatic rings. The van der Waals surface area contributed by atoms with Crippen LogP contribution >= 0.6 is 11.8 Å². The maximum absolute atomic E-state index is 12.7. The van der Waals surface area contributed by atoms with Crippen molar-refractivity contribution in [2.24, 2.45) is 11.7 Å². The number of piperidine rings is 1. The Balaban J connectivity index is 1.38. The third-order valence-electron chi connectivity index (χ3n) is 5.61. The molecule has 0 spiro atoms. The first kappa shape index (κ1) is 19.0. The molecule has 3 saturated heterocycles. The van der Waals surface area contributed by atoms with E-state index in [2.05, 4.69) is 10.2 Å². The first-order valence-electron chi connectivity index (χ1n) is 9.78. The fraction of sp³-hybridized carbons (Fsp3) is 0.364. The average Bonchev–Trinajstić information content (AvgIpc) is 3.01. The van der Waals surface area contributed by atoms with E-state index in [1.54, 1.807) is 23.9 Å². The van der Waals surface area contributed by atoms with Crippen LogP contribution in [0.1, 0.15) is 40.0 Å². The van der Waals surface area contributed by atoms with Crippen LogP contribution in [0.15, 0.2) is 58.3 Å². The maximum atomic E-state index is 12.7. The number of nitrogens with two attached hydrogens (primary N) is 1. The van der Waals surface area contributed by atoms with E-state index in [1.807, 2.05) is 36.4 Å². The Labute approximate surface area is 169 Å². The second-order valence-corrected chi connectivity index (χ2v) is 8.82. The summed E-state index contributed by atoms with van der Waals surface area (Å²) < 4.78 is 0. The number of rotatable bonds is 5. The summed E-state index contributed by atoms with van der Waals surface area (Å²) in [5.41, 5.74) is 6.52. The summed E-state index contributed by atoms with van der Waals surface area (Å²) in [6.07, 6.45) is 3.61. The third kappa shape index (κ3) is 4.56. The average molecular weight is 396 g/mol. The van der Waals surface area contributed by atoms with E-state index in [0.29, 0.717) is 11.1 Å². The Morgan fingerprint density at radius 3 is 2.46 bits per heavy atom. The van der Waals surface area contributed by atoms with Gasteiger partial charge in [0.2, 0.25) is 5.91 Å². The normalized spacial score (nSPS) is 23.8. The van der Waals surface area contributed by atoms with Gasteiger partial charge in [-0.1, -0.05) is 17.8 Å². The molecule has 5 rings (SSSR count). The van der Waals surface area contributed by atoms with Crippen LogP contribution in [-0.2, 0) is 0 Å². The molecule has 2 bridgehead atoms. The number of fused-ring (bicyclic) bond motifs is 4. The fourth-order valence-electron chi connectivity index (χ4n) is 4.09. The number of primary amides is 1. The minimum Gasteiger partial charge on any atom is -0.366 e. The lowest BCUT2D eigenvalue weighted by molar-refractivity contribution is 0.0927. The predicted molar refractivity (Wildman–Crippen MR) is 111 cm³/mol. The number of hydrogen-bond acceptors (Lipinski definition) is 4. The van der Waals surface area contributed by atoms with Crippen LogP contribution in [0.3, 0.4) is 0 Å². The molecule has 3 N–H and O–H groups in total. The zero-order valence-corrected chi connectivity index (χ0v) is 16.6. The summed E-state index contributed by atoms with van der Waals surface area (Å²) in [6, 6.07) is 15.1. The molecule has 5 nitrogen and oxygen atoms in total. The lowest BCUT2D eigenvalue weighted by atomic mass is 9.94. The number of nitrogens with zero attached hydrogens (tertiary/aromatic N) is 1. The highest BCUT2D eigenvalue weighted by molar-refractivity contribution is 7.99. The largest absolute Gasteiger partial charge is 0.366 e. The van der Waals surface area contributed by atoms with E-state index in [9.17, 15) is 9.59 Å². The highest BCUT2D eigenvalue weighted by Crippen LogP contribution is 2.29. The summed E-state index contributed by atoms with van der Waals surface area (Å²) in [6.45, 7) is 3.30. The first-order chi connectivity index (χ1) is 13.6. The third-order valence-corrected chi connectivity index (χ3v) is 6.61. The van der Waals surface area contributed by atoms with Gasteiger partial charge in [-0.3, -0.25) is 9.59 Å². The summed E-state index contributed by atoms with van der Waals surface area (Å²) in [5, 5.41) is 3.23. The van der Waals surface area contributed by atoms with Crippen molar-refractivity contribution in [3.05, 3.63) is 59.7 Å². The van der Waals surface area contributed by atoms with Gasteiger partial charge in [0, 0.05) is 33.5 Å². The van der Waals surface area contributed by atoms with Crippen LogP contribution in [0.4, 0.5) is 0 Å². The van der Waals surface area contributed by atoms with Crippen molar-refractivity contribution in [2.45, 2.75) is 35.1 Å². The molecule has 146 valence electrons. The Bertz CT molecular complexity index is 846. The molecule has 0 aliphatic carbocycles. The zero-order chi connectivity index (χ0) is 19.5. The van der Waals surface area contributed by atoms with Gasteiger partial charge in [-0.05, 0) is 80.7 Å². The molecule has 3 heterocycles. The van der Waals surface area contributed by atoms with E-state index in [4.69, 9.17) is 5.73 Å². The van der Waals surface area contributed by atoms with Gasteiger partial charge in [0.25, 0.3) is 5.91 Å². The van der Waals surface area contributed by atoms with Crippen LogP contribution in [-0.4, -0.2) is 42.4 Å². The van der Waals surface area contributed by atoms with E-state index < -0.39 is 5.91 Å². The molecule has 3 aliphatic rings. The summed E-state index contributed by atoms with van der Waals surface area (Å²) in [7, 11) is 0. The quantitative estimate of drug-likeness (QED) is 0.815. The molecule has 2 aromatic carbocycles. The molecule has 0 aromatic heterocycles. The van der Waals surface area contributed by atoms with Gasteiger partial charge in [0.1, 0.15) is 0 Å². The Hall–Kier alpha value is -2.31. The Morgan fingerprint density at radius 2 is 1.75 bits per heavy atom. The number of carbonyl (C=O) groups excluding carboxylic acids is 2. The number of amides is 2. The molecular weight excluding hydrogens is 370 g/mol. The maximum Gasteiger partial charge on any atom is 0.251 e. The molecule has 3 aliphatic heterocycles. The highest BCUT2D eigenvalue weighted by Gasteiger charge is 2.29. The van der Waals surface area contributed by atoms with Gasteiger partial charge in [-0.25, -0.2) is 0 Å². The first-order valence-corrected chi connectivity index (χ1v) is 10.6. The zero-order valence-electron chi connectivity index (χ0n) is 15.8. The molecule has 0 saturated carbocycles. The molecule has 6 heteroatoms. The van der Waals surface area contributed by atoms with E-state index >= 15 is 0 Å². The number of benzene rings is 2. The van der Waals surface area contributed by atoms with Crippen molar-refractivity contribution in [3.8, 4) is 0 Å². The van der Waals surface area contributed by atoms with Gasteiger partial charge >= 0.3 is 0 Å². The Morgan fingerprint density at radius 1 is 1.00 bits per heavy atom. The van der Waals surface area contributed by atoms with Crippen molar-refractivity contribution in [1.82, 2.24) is 10.2 Å². The molecule has 0 radical (unpaired) electrons. The monoisotopic (exact) mass is 395 g/mol. The second kappa shape index (κ2) is 8.37. The van der Waals surface area contributed by atoms with Crippen molar-refractivity contribution < 1.29 is 9.59 Å². The summed E-state index contributed by atoms with van der Waals surface area (Å²) >= 11 is 1.54. The lowest BCUT2D eigenvalue weighted by Crippen LogP contribution is -2.41. The van der Waals surface area contributed by atoms with Crippen molar-refractivity contribution >= 4 is 23.6 Å². The van der Waals surface area contributed by atoms with Crippen LogP contribution < -0.4 is 11.1 Å². The van der Waals surface area contributed by atoms with Gasteiger partial charge in [0.15, 0.2) is 0 Å². The molecule has 3 fully saturated rings. The van der Waals surface area contributed by atoms with Crippen LogP contribution in [0.25, 0.3) is 0 Å². The summed E-state index contributed by atoms with van der Waals surface area (Å²) in [5.74, 6) is 0.316. The van der Waals surface area contributed by atoms with Gasteiger partial charge in [-0.2, -0.15) is 0 Å². The van der Waals surface area contributed by atoms with E-state index in [0.717, 1.165) is 28.7 Å². The van der Waals surface area contributed by atoms with Crippen LogP contribution in [0.5, 0.6) is 0 Å². The topological polar surface area (TPSA) is 75.4 Å². The van der Waals surface area contributed by atoms with Crippen LogP contribution in [0, 0.1) is 5.92 Å². The van der Waals surface area contributed by atoms with Gasteiger partial charge in [-0.15, -0.1) is 0 Å². The van der Waals surface area contributed by atoms with Crippen molar-refractivity contribution in [3.63, 3.8) is 0 Å². The van der Waals surface area contributed by atoms with Gasteiger partial charge < -0.3 is 16.0 Å². The number of hydrogen-bond donors (Lipinski definition) is 2. The molecular formula is C22H25N3O2S. The SMILES string of the molecule is NC(=O)c1cccc(Sc2ccc(C(=O)NC3CC4CCN(CC4)C3)cc2)c1. The summed E-state index contributed by atoms with van der Waals surface area (Å²) in [4.78, 5) is 28.4. The van der Waals surface area contributed by atoms with Crippen molar-refractivity contribution in [1.29, 1.82) is 0 Å². The highest BCUT2D eigenvalue weighted by atomic mass is 32.2. The van der Waals surface area contributed by atoms with Crippen LogP contribution in [0.2, 0.25) is 0 Å². The molecule has 1 unspecified atom stereocenters. The standard InChI is InChI=1S/C22H25N3O2S/c23-21(26)17-2-1-3-20(13-17)28-19-6-4-16(5-7-19)22(27)24-18-12-15-8-10-25(14-18)11-9-15/h1-7,13,15,18H,8-12,14H2,(H2,23,26)(H,24,27). The molecule has 2 amide bonds.